The molecule has 232 valence electrons. The van der Waals surface area contributed by atoms with Crippen LogP contribution in [-0.4, -0.2) is 30.2 Å². The Morgan fingerprint density at radius 1 is 0.881 bits per heavy atom. The van der Waals surface area contributed by atoms with Gasteiger partial charge in [0.15, 0.2) is 0 Å². The molecular formula is C37H56N2O3. The topological polar surface area (TPSA) is 67.4 Å². The third-order valence-electron chi connectivity index (χ3n) is 9.17. The molecule has 0 bridgehead atoms. The number of carbonyl (C=O) groups is 2. The normalized spacial score (nSPS) is 17.4. The summed E-state index contributed by atoms with van der Waals surface area (Å²) in [5.41, 5.74) is 3.96. The van der Waals surface area contributed by atoms with E-state index < -0.39 is 11.6 Å². The first-order valence-electron chi connectivity index (χ1n) is 16.3. The van der Waals surface area contributed by atoms with Crippen molar-refractivity contribution in [1.82, 2.24) is 10.6 Å². The fraction of sp³-hybridized carbons (Fsp3) is 0.622. The van der Waals surface area contributed by atoms with Crippen LogP contribution in [0.25, 0.3) is 0 Å². The third kappa shape index (κ3) is 9.61. The predicted molar refractivity (Wildman–Crippen MR) is 174 cm³/mol. The van der Waals surface area contributed by atoms with Gasteiger partial charge < -0.3 is 15.4 Å². The number of amides is 2. The Labute approximate surface area is 255 Å². The lowest BCUT2D eigenvalue weighted by Gasteiger charge is -2.42. The van der Waals surface area contributed by atoms with Crippen LogP contribution in [0.1, 0.15) is 129 Å². The molecule has 2 aromatic rings. The molecule has 0 saturated carbocycles. The van der Waals surface area contributed by atoms with Gasteiger partial charge in [-0.25, -0.2) is 4.79 Å². The molecular weight excluding hydrogens is 520 g/mol. The SMILES string of the molecule is CCCCCCCCC(C)OC(=O)NC(C)(Cc1ccc2c(c1)C(C)(C)CCC2(C)C)C(=O)NCCc1ccccc1. The van der Waals surface area contributed by atoms with E-state index in [4.69, 9.17) is 4.74 Å². The van der Waals surface area contributed by atoms with Crippen molar-refractivity contribution >= 4 is 12.0 Å². The summed E-state index contributed by atoms with van der Waals surface area (Å²) >= 11 is 0. The summed E-state index contributed by atoms with van der Waals surface area (Å²) in [4.78, 5) is 26.9. The molecule has 0 aliphatic heterocycles. The quantitative estimate of drug-likeness (QED) is 0.209. The van der Waals surface area contributed by atoms with Gasteiger partial charge >= 0.3 is 6.09 Å². The lowest BCUT2D eigenvalue weighted by atomic mass is 9.63. The second-order valence-corrected chi connectivity index (χ2v) is 14.0. The molecule has 0 fully saturated rings. The Bertz CT molecular complexity index is 1160. The van der Waals surface area contributed by atoms with E-state index in [-0.39, 0.29) is 22.8 Å². The highest BCUT2D eigenvalue weighted by Crippen LogP contribution is 2.46. The van der Waals surface area contributed by atoms with Gasteiger partial charge in [0.2, 0.25) is 5.91 Å². The number of fused-ring (bicyclic) bond motifs is 1. The monoisotopic (exact) mass is 576 g/mol. The zero-order chi connectivity index (χ0) is 30.8. The van der Waals surface area contributed by atoms with E-state index in [1.165, 1.54) is 36.8 Å². The number of carbonyl (C=O) groups excluding carboxylic acids is 2. The van der Waals surface area contributed by atoms with Crippen molar-refractivity contribution in [2.45, 2.75) is 142 Å². The molecule has 2 aromatic carbocycles. The fourth-order valence-electron chi connectivity index (χ4n) is 6.20. The minimum absolute atomic E-state index is 0.0630. The second-order valence-electron chi connectivity index (χ2n) is 14.0. The van der Waals surface area contributed by atoms with Crippen molar-refractivity contribution in [3.63, 3.8) is 0 Å². The zero-order valence-corrected chi connectivity index (χ0v) is 27.4. The van der Waals surface area contributed by atoms with E-state index in [2.05, 4.69) is 75.6 Å². The van der Waals surface area contributed by atoms with Crippen molar-refractivity contribution in [2.24, 2.45) is 0 Å². The van der Waals surface area contributed by atoms with Gasteiger partial charge in [-0.1, -0.05) is 115 Å². The molecule has 5 nitrogen and oxygen atoms in total. The summed E-state index contributed by atoms with van der Waals surface area (Å²) in [7, 11) is 0. The maximum absolute atomic E-state index is 13.7. The van der Waals surface area contributed by atoms with E-state index in [1.54, 1.807) is 0 Å². The standard InChI is InChI=1S/C37H56N2O3/c1-8-9-10-11-12-14-17-28(2)42-34(41)39-37(7,33(40)38-25-22-29-18-15-13-16-19-29)27-30-20-21-31-32(26-30)36(5,6)24-23-35(31,3)4/h13,15-16,18-21,26,28H,8-12,14,17,22-25,27H2,1-7H3,(H,38,40)(H,39,41). The van der Waals surface area contributed by atoms with E-state index in [1.807, 2.05) is 32.0 Å². The number of benzene rings is 2. The number of alkyl carbamates (subject to hydrolysis) is 1. The van der Waals surface area contributed by atoms with E-state index >= 15 is 0 Å². The number of unbranched alkanes of at least 4 members (excludes halogenated alkanes) is 5. The lowest BCUT2D eigenvalue weighted by molar-refractivity contribution is -0.126. The summed E-state index contributed by atoms with van der Waals surface area (Å²) in [6, 6.07) is 16.7. The van der Waals surface area contributed by atoms with Crippen molar-refractivity contribution < 1.29 is 14.3 Å². The molecule has 0 aromatic heterocycles. The van der Waals surface area contributed by atoms with Crippen molar-refractivity contribution in [1.29, 1.82) is 0 Å². The molecule has 42 heavy (non-hydrogen) atoms. The van der Waals surface area contributed by atoms with Crippen LogP contribution in [0.2, 0.25) is 0 Å². The second kappa shape index (κ2) is 15.1. The number of nitrogens with one attached hydrogen (secondary N) is 2. The Hall–Kier alpha value is -2.82. The van der Waals surface area contributed by atoms with Crippen molar-refractivity contribution in [3.8, 4) is 0 Å². The summed E-state index contributed by atoms with van der Waals surface area (Å²) in [6.07, 6.45) is 10.7. The van der Waals surface area contributed by atoms with Crippen molar-refractivity contribution in [2.75, 3.05) is 6.54 Å². The highest BCUT2D eigenvalue weighted by molar-refractivity contribution is 5.90. The third-order valence-corrected chi connectivity index (χ3v) is 9.17. The summed E-state index contributed by atoms with van der Waals surface area (Å²) in [6.45, 7) is 15.7. The first kappa shape index (κ1) is 33.7. The molecule has 0 spiro atoms. The van der Waals surface area contributed by atoms with Gasteiger partial charge in [0.05, 0.1) is 0 Å². The van der Waals surface area contributed by atoms with Gasteiger partial charge in [-0.3, -0.25) is 4.79 Å². The molecule has 2 N–H and O–H groups in total. The first-order valence-corrected chi connectivity index (χ1v) is 16.3. The van der Waals surface area contributed by atoms with Crippen LogP contribution < -0.4 is 10.6 Å². The van der Waals surface area contributed by atoms with Gasteiger partial charge in [-0.15, -0.1) is 0 Å². The zero-order valence-electron chi connectivity index (χ0n) is 27.4. The van der Waals surface area contributed by atoms with Gasteiger partial charge in [0.1, 0.15) is 11.6 Å². The summed E-state index contributed by atoms with van der Waals surface area (Å²) < 4.78 is 5.76. The van der Waals surface area contributed by atoms with Crippen LogP contribution in [0, 0.1) is 0 Å². The Kier molecular flexibility index (Phi) is 12.1. The lowest BCUT2D eigenvalue weighted by Crippen LogP contribution is -2.58. The summed E-state index contributed by atoms with van der Waals surface area (Å²) in [5, 5.41) is 6.08. The van der Waals surface area contributed by atoms with Crippen LogP contribution in [-0.2, 0) is 33.2 Å². The van der Waals surface area contributed by atoms with E-state index in [0.717, 1.165) is 49.7 Å². The molecule has 2 amide bonds. The van der Waals surface area contributed by atoms with Crippen LogP contribution in [0.4, 0.5) is 4.79 Å². The minimum Gasteiger partial charge on any atom is -0.447 e. The van der Waals surface area contributed by atoms with Gasteiger partial charge in [0.25, 0.3) is 0 Å². The van der Waals surface area contributed by atoms with Crippen LogP contribution in [0.15, 0.2) is 48.5 Å². The average molecular weight is 577 g/mol. The predicted octanol–water partition coefficient (Wildman–Crippen LogP) is 8.56. The Balaban J connectivity index is 1.72. The van der Waals surface area contributed by atoms with Crippen LogP contribution >= 0.6 is 0 Å². The molecule has 0 saturated heterocycles. The van der Waals surface area contributed by atoms with Crippen LogP contribution in [0.3, 0.4) is 0 Å². The summed E-state index contributed by atoms with van der Waals surface area (Å²) in [5.74, 6) is -0.198. The van der Waals surface area contributed by atoms with Crippen molar-refractivity contribution in [3.05, 3.63) is 70.8 Å². The van der Waals surface area contributed by atoms with E-state index in [0.29, 0.717) is 13.0 Å². The highest BCUT2D eigenvalue weighted by atomic mass is 16.6. The molecule has 2 unspecified atom stereocenters. The van der Waals surface area contributed by atoms with E-state index in [9.17, 15) is 9.59 Å². The molecule has 1 aliphatic rings. The molecule has 1 aliphatic carbocycles. The average Bonchev–Trinajstić information content (AvgIpc) is 2.93. The largest absolute Gasteiger partial charge is 0.447 e. The molecule has 0 radical (unpaired) electrons. The Morgan fingerprint density at radius 3 is 2.21 bits per heavy atom. The molecule has 3 rings (SSSR count). The molecule has 0 heterocycles. The smallest absolute Gasteiger partial charge is 0.408 e. The first-order chi connectivity index (χ1) is 19.9. The Morgan fingerprint density at radius 2 is 1.52 bits per heavy atom. The number of ether oxygens (including phenoxy) is 1. The maximum atomic E-state index is 13.7. The van der Waals surface area contributed by atoms with Gasteiger partial charge in [-0.2, -0.15) is 0 Å². The van der Waals surface area contributed by atoms with Crippen LogP contribution in [0.5, 0.6) is 0 Å². The minimum atomic E-state index is -1.16. The molecule has 2 atom stereocenters. The van der Waals surface area contributed by atoms with Gasteiger partial charge in [-0.05, 0) is 79.0 Å². The highest BCUT2D eigenvalue weighted by Gasteiger charge is 2.39. The maximum Gasteiger partial charge on any atom is 0.408 e. The number of rotatable bonds is 15. The number of hydrogen-bond acceptors (Lipinski definition) is 3. The number of hydrogen-bond donors (Lipinski definition) is 2. The van der Waals surface area contributed by atoms with Gasteiger partial charge in [0, 0.05) is 13.0 Å². The fourth-order valence-corrected chi connectivity index (χ4v) is 6.20. The molecule has 5 heteroatoms.